The van der Waals surface area contributed by atoms with Crippen molar-refractivity contribution in [1.82, 2.24) is 15.1 Å². The van der Waals surface area contributed by atoms with Crippen molar-refractivity contribution in [2.45, 2.75) is 25.2 Å². The summed E-state index contributed by atoms with van der Waals surface area (Å²) in [4.78, 5) is 25.0. The second kappa shape index (κ2) is 9.86. The van der Waals surface area contributed by atoms with E-state index in [0.717, 1.165) is 19.2 Å². The molecule has 3 N–H and O–H groups in total. The van der Waals surface area contributed by atoms with Crippen LogP contribution in [0.3, 0.4) is 0 Å². The Morgan fingerprint density at radius 1 is 1.21 bits per heavy atom. The molecule has 1 atom stereocenters. The van der Waals surface area contributed by atoms with Crippen molar-refractivity contribution in [3.05, 3.63) is 54.0 Å². The number of hydrogen-bond donors (Lipinski definition) is 2. The summed E-state index contributed by atoms with van der Waals surface area (Å²) in [6.45, 7) is -1.30. The second-order valence-corrected chi connectivity index (χ2v) is 7.01. The molecule has 3 rings (SSSR count). The normalized spacial score (nSPS) is 12.4. The highest BCUT2D eigenvalue weighted by Crippen LogP contribution is 2.31. The van der Waals surface area contributed by atoms with Gasteiger partial charge in [0.1, 0.15) is 29.9 Å². The fourth-order valence-electron chi connectivity index (χ4n) is 3.09. The molecule has 8 nitrogen and oxygen atoms in total. The van der Waals surface area contributed by atoms with Gasteiger partial charge in [0.2, 0.25) is 0 Å². The first kappa shape index (κ1) is 24.0. The van der Waals surface area contributed by atoms with Gasteiger partial charge in [-0.2, -0.15) is 18.3 Å². The van der Waals surface area contributed by atoms with Crippen LogP contribution < -0.4 is 15.8 Å². The van der Waals surface area contributed by atoms with Crippen LogP contribution in [-0.4, -0.2) is 47.5 Å². The number of methoxy groups -OCH3 is 1. The molecule has 0 aliphatic heterocycles. The molecule has 0 spiro atoms. The number of ether oxygens (including phenoxy) is 2. The smallest absolute Gasteiger partial charge is 0.408 e. The largest absolute Gasteiger partial charge is 0.467 e. The van der Waals surface area contributed by atoms with E-state index in [1.165, 1.54) is 30.5 Å². The van der Waals surface area contributed by atoms with Crippen LogP contribution in [0.15, 0.2) is 42.6 Å². The van der Waals surface area contributed by atoms with Crippen LogP contribution in [-0.2, 0) is 16.1 Å². The predicted molar refractivity (Wildman–Crippen MR) is 109 cm³/mol. The zero-order valence-corrected chi connectivity index (χ0v) is 17.4. The number of nitrogens with zero attached hydrogens (tertiary/aromatic N) is 2. The maximum atomic E-state index is 13.2. The number of nitrogens with two attached hydrogens (primary N) is 1. The molecule has 1 aromatic heterocycles. The summed E-state index contributed by atoms with van der Waals surface area (Å²) >= 11 is 0. The summed E-state index contributed by atoms with van der Waals surface area (Å²) in [5, 5.41) is 6.48. The number of esters is 1. The first-order chi connectivity index (χ1) is 15.6. The molecule has 1 heterocycles. The van der Waals surface area contributed by atoms with E-state index in [-0.39, 0.29) is 40.9 Å². The van der Waals surface area contributed by atoms with Crippen molar-refractivity contribution >= 4 is 22.8 Å². The van der Waals surface area contributed by atoms with Crippen molar-refractivity contribution < 1.29 is 36.6 Å². The van der Waals surface area contributed by atoms with Crippen LogP contribution in [0.5, 0.6) is 11.5 Å². The summed E-state index contributed by atoms with van der Waals surface area (Å²) in [6, 6.07) is 6.36. The molecule has 0 radical (unpaired) electrons. The highest BCUT2D eigenvalue weighted by atomic mass is 19.4. The minimum absolute atomic E-state index is 0.0253. The number of alkyl halides is 3. The summed E-state index contributed by atoms with van der Waals surface area (Å²) in [6.07, 6.45) is -3.27. The van der Waals surface area contributed by atoms with Crippen molar-refractivity contribution in [2.24, 2.45) is 5.73 Å². The van der Waals surface area contributed by atoms with Gasteiger partial charge in [-0.15, -0.1) is 0 Å². The van der Waals surface area contributed by atoms with Crippen LogP contribution in [0, 0.1) is 5.82 Å². The molecule has 0 saturated heterocycles. The topological polar surface area (TPSA) is 108 Å². The van der Waals surface area contributed by atoms with E-state index in [2.05, 4.69) is 15.2 Å². The average molecular weight is 468 g/mol. The average Bonchev–Trinajstić information content (AvgIpc) is 3.13. The quantitative estimate of drug-likeness (QED) is 0.389. The summed E-state index contributed by atoms with van der Waals surface area (Å²) in [5.74, 6) is -1.91. The molecule has 0 aliphatic rings. The molecule has 0 aliphatic carbocycles. The van der Waals surface area contributed by atoms with E-state index in [0.29, 0.717) is 4.68 Å². The fraction of sp³-hybridized carbons (Fsp3) is 0.286. The van der Waals surface area contributed by atoms with Crippen LogP contribution in [0.25, 0.3) is 10.9 Å². The van der Waals surface area contributed by atoms with Gasteiger partial charge in [-0.3, -0.25) is 9.48 Å². The van der Waals surface area contributed by atoms with Gasteiger partial charge in [-0.25, -0.2) is 9.18 Å². The third-order valence-electron chi connectivity index (χ3n) is 4.60. The van der Waals surface area contributed by atoms with Crippen molar-refractivity contribution in [3.63, 3.8) is 0 Å². The number of benzene rings is 2. The highest BCUT2D eigenvalue weighted by Gasteiger charge is 2.30. The van der Waals surface area contributed by atoms with E-state index < -0.39 is 36.5 Å². The van der Waals surface area contributed by atoms with Crippen molar-refractivity contribution in [1.29, 1.82) is 0 Å². The highest BCUT2D eigenvalue weighted by molar-refractivity contribution is 6.02. The number of rotatable bonds is 8. The van der Waals surface area contributed by atoms with Gasteiger partial charge in [0.15, 0.2) is 0 Å². The van der Waals surface area contributed by atoms with Gasteiger partial charge in [-0.05, 0) is 49.4 Å². The number of carbonyl (C=O) groups excluding carboxylic acids is 2. The standard InChI is InChI=1S/C21H20F4N4O4/c1-32-20(31)16(6-7-26)28-19(30)15-9-17-12(10-27-29(17)11-21(23,24)25)8-18(15)33-14-4-2-13(22)3-5-14/h2-5,8-10,16H,6-7,11,26H2,1H3,(H,28,30). The van der Waals surface area contributed by atoms with Crippen LogP contribution >= 0.6 is 0 Å². The number of amides is 1. The Bertz CT molecular complexity index is 1150. The SMILES string of the molecule is COC(=O)C(CCN)NC(=O)c1cc2c(cnn2CC(F)(F)F)cc1Oc1ccc(F)cc1. The van der Waals surface area contributed by atoms with E-state index in [9.17, 15) is 27.2 Å². The summed E-state index contributed by atoms with van der Waals surface area (Å²) in [7, 11) is 1.14. The molecular formula is C21H20F4N4O4. The lowest BCUT2D eigenvalue weighted by Gasteiger charge is -2.18. The molecule has 3 aromatic rings. The zero-order valence-electron chi connectivity index (χ0n) is 17.4. The molecular weight excluding hydrogens is 448 g/mol. The van der Waals surface area contributed by atoms with E-state index in [4.69, 9.17) is 10.5 Å². The Morgan fingerprint density at radius 2 is 1.91 bits per heavy atom. The monoisotopic (exact) mass is 468 g/mol. The maximum Gasteiger partial charge on any atom is 0.408 e. The minimum atomic E-state index is -4.54. The molecule has 2 aromatic carbocycles. The first-order valence-electron chi connectivity index (χ1n) is 9.69. The number of carbonyl (C=O) groups is 2. The molecule has 176 valence electrons. The third-order valence-corrected chi connectivity index (χ3v) is 4.60. The Labute approximate surface area is 185 Å². The fourth-order valence-corrected chi connectivity index (χ4v) is 3.09. The van der Waals surface area contributed by atoms with Crippen molar-refractivity contribution in [2.75, 3.05) is 13.7 Å². The second-order valence-electron chi connectivity index (χ2n) is 7.01. The van der Waals surface area contributed by atoms with Crippen molar-refractivity contribution in [3.8, 4) is 11.5 Å². The maximum absolute atomic E-state index is 13.2. The molecule has 12 heteroatoms. The molecule has 1 unspecified atom stereocenters. The number of nitrogens with one attached hydrogen (secondary N) is 1. The number of aromatic nitrogens is 2. The van der Waals surface area contributed by atoms with E-state index in [1.54, 1.807) is 0 Å². The van der Waals surface area contributed by atoms with Gasteiger partial charge >= 0.3 is 12.1 Å². The van der Waals surface area contributed by atoms with Gasteiger partial charge in [0, 0.05) is 5.39 Å². The number of halogens is 4. The Hall–Kier alpha value is -3.67. The number of hydrogen-bond acceptors (Lipinski definition) is 6. The zero-order chi connectivity index (χ0) is 24.2. The Kier molecular flexibility index (Phi) is 7.16. The molecule has 33 heavy (non-hydrogen) atoms. The van der Waals surface area contributed by atoms with Gasteiger partial charge < -0.3 is 20.5 Å². The molecule has 0 saturated carbocycles. The van der Waals surface area contributed by atoms with Gasteiger partial charge in [0.05, 0.1) is 24.4 Å². The minimum Gasteiger partial charge on any atom is -0.467 e. The lowest BCUT2D eigenvalue weighted by Crippen LogP contribution is -2.42. The van der Waals surface area contributed by atoms with Gasteiger partial charge in [0.25, 0.3) is 5.91 Å². The third kappa shape index (κ3) is 5.98. The van der Waals surface area contributed by atoms with E-state index in [1.807, 2.05) is 0 Å². The van der Waals surface area contributed by atoms with Crippen LogP contribution in [0.4, 0.5) is 17.6 Å². The summed E-state index contributed by atoms with van der Waals surface area (Å²) in [5.41, 5.74) is 5.35. The first-order valence-corrected chi connectivity index (χ1v) is 9.69. The lowest BCUT2D eigenvalue weighted by molar-refractivity contribution is -0.143. The summed E-state index contributed by atoms with van der Waals surface area (Å²) < 4.78 is 63.1. The Morgan fingerprint density at radius 3 is 2.52 bits per heavy atom. The molecule has 1 amide bonds. The van der Waals surface area contributed by atoms with Crippen LogP contribution in [0.1, 0.15) is 16.8 Å². The van der Waals surface area contributed by atoms with Crippen LogP contribution in [0.2, 0.25) is 0 Å². The molecule has 0 bridgehead atoms. The molecule has 0 fully saturated rings. The lowest BCUT2D eigenvalue weighted by atomic mass is 10.1. The Balaban J connectivity index is 2.05. The number of fused-ring (bicyclic) bond motifs is 1. The van der Waals surface area contributed by atoms with E-state index >= 15 is 0 Å². The van der Waals surface area contributed by atoms with Gasteiger partial charge in [-0.1, -0.05) is 0 Å². The predicted octanol–water partition coefficient (Wildman–Crippen LogP) is 3.15.